The molecular weight excluding hydrogens is 376 g/mol. The van der Waals surface area contributed by atoms with Crippen molar-refractivity contribution in [2.75, 3.05) is 0 Å². The average Bonchev–Trinajstić information content (AvgIpc) is 2.66. The summed E-state index contributed by atoms with van der Waals surface area (Å²) in [5.41, 5.74) is 0.673. The molecule has 2 unspecified atom stereocenters. The van der Waals surface area contributed by atoms with Gasteiger partial charge in [-0.05, 0) is 82.0 Å². The number of hydrogen-bond donors (Lipinski definition) is 0. The minimum atomic E-state index is -0.347. The topological polar surface area (TPSA) is 52.6 Å². The Labute approximate surface area is 181 Å². The van der Waals surface area contributed by atoms with Crippen LogP contribution in [-0.2, 0) is 19.1 Å². The Bertz CT molecular complexity index is 711. The van der Waals surface area contributed by atoms with E-state index in [1.165, 1.54) is 64.2 Å². The summed E-state index contributed by atoms with van der Waals surface area (Å²) < 4.78 is 12.1. The van der Waals surface area contributed by atoms with Crippen LogP contribution in [0, 0.1) is 35.0 Å². The van der Waals surface area contributed by atoms with Crippen LogP contribution in [0.2, 0.25) is 0 Å². The summed E-state index contributed by atoms with van der Waals surface area (Å²) in [6.07, 6.45) is 13.8. The molecule has 2 atom stereocenters. The summed E-state index contributed by atoms with van der Waals surface area (Å²) in [6, 6.07) is 0. The van der Waals surface area contributed by atoms with E-state index in [4.69, 9.17) is 9.47 Å². The lowest BCUT2D eigenvalue weighted by molar-refractivity contribution is -0.251. The minimum absolute atomic E-state index is 0.0131. The summed E-state index contributed by atoms with van der Waals surface area (Å²) >= 11 is 0. The van der Waals surface area contributed by atoms with Gasteiger partial charge in [-0.15, -0.1) is 0 Å². The van der Waals surface area contributed by atoms with Crippen molar-refractivity contribution < 1.29 is 19.1 Å². The zero-order valence-electron chi connectivity index (χ0n) is 18.8. The van der Waals surface area contributed by atoms with Gasteiger partial charge in [0.15, 0.2) is 0 Å². The second kappa shape index (κ2) is 7.38. The van der Waals surface area contributed by atoms with Crippen LogP contribution in [0.25, 0.3) is 0 Å². The molecule has 4 heteroatoms. The van der Waals surface area contributed by atoms with E-state index in [0.29, 0.717) is 41.6 Å². The largest absolute Gasteiger partial charge is 0.459 e. The lowest BCUT2D eigenvalue weighted by atomic mass is 9.42. The average molecular weight is 415 g/mol. The van der Waals surface area contributed by atoms with Gasteiger partial charge in [0, 0.05) is 17.4 Å². The number of carbonyl (C=O) groups is 2. The number of hydrogen-bond acceptors (Lipinski definition) is 4. The van der Waals surface area contributed by atoms with E-state index in [1.807, 2.05) is 0 Å². The maximum absolute atomic E-state index is 13.3. The first kappa shape index (κ1) is 20.6. The predicted molar refractivity (Wildman–Crippen MR) is 114 cm³/mol. The summed E-state index contributed by atoms with van der Waals surface area (Å²) in [4.78, 5) is 25.1. The maximum Gasteiger partial charge on any atom is 0.333 e. The maximum atomic E-state index is 13.3. The van der Waals surface area contributed by atoms with Gasteiger partial charge in [-0.3, -0.25) is 4.79 Å². The molecule has 0 heterocycles. The van der Waals surface area contributed by atoms with Crippen LogP contribution in [0.4, 0.5) is 0 Å². The van der Waals surface area contributed by atoms with Crippen LogP contribution in [-0.4, -0.2) is 23.6 Å². The van der Waals surface area contributed by atoms with E-state index in [9.17, 15) is 9.59 Å². The molecule has 4 bridgehead atoms. The van der Waals surface area contributed by atoms with Crippen LogP contribution >= 0.6 is 0 Å². The molecule has 0 saturated heterocycles. The summed E-state index contributed by atoms with van der Waals surface area (Å²) in [7, 11) is 0. The van der Waals surface area contributed by atoms with E-state index in [0.717, 1.165) is 5.92 Å². The van der Waals surface area contributed by atoms with Gasteiger partial charge in [-0.25, -0.2) is 4.79 Å². The molecule has 0 aliphatic heterocycles. The Morgan fingerprint density at radius 2 is 1.53 bits per heavy atom. The fourth-order valence-corrected chi connectivity index (χ4v) is 8.23. The Morgan fingerprint density at radius 1 is 0.900 bits per heavy atom. The van der Waals surface area contributed by atoms with E-state index >= 15 is 0 Å². The number of esters is 2. The molecule has 6 aliphatic rings. The molecule has 6 rings (SSSR count). The van der Waals surface area contributed by atoms with Gasteiger partial charge in [0.1, 0.15) is 11.7 Å². The highest BCUT2D eigenvalue weighted by Crippen LogP contribution is 2.67. The first-order valence-electron chi connectivity index (χ1n) is 12.4. The van der Waals surface area contributed by atoms with Gasteiger partial charge in [0.2, 0.25) is 0 Å². The summed E-state index contributed by atoms with van der Waals surface area (Å²) in [5, 5.41) is 0. The molecule has 0 aromatic rings. The normalized spacial score (nSPS) is 44.9. The fraction of sp³-hybridized carbons (Fsp3) is 0.846. The molecule has 4 nitrogen and oxygen atoms in total. The zero-order chi connectivity index (χ0) is 21.1. The molecule has 0 N–H and O–H groups in total. The Balaban J connectivity index is 1.31. The lowest BCUT2D eigenvalue weighted by Crippen LogP contribution is -2.66. The van der Waals surface area contributed by atoms with E-state index < -0.39 is 0 Å². The zero-order valence-corrected chi connectivity index (χ0v) is 18.8. The van der Waals surface area contributed by atoms with Crippen LogP contribution in [0.3, 0.4) is 0 Å². The molecule has 0 aromatic heterocycles. The molecule has 0 spiro atoms. The minimum Gasteiger partial charge on any atom is -0.459 e. The van der Waals surface area contributed by atoms with Gasteiger partial charge >= 0.3 is 11.9 Å². The van der Waals surface area contributed by atoms with Crippen LogP contribution in [0.1, 0.15) is 90.9 Å². The first-order valence-corrected chi connectivity index (χ1v) is 12.4. The van der Waals surface area contributed by atoms with E-state index in [-0.39, 0.29) is 29.6 Å². The van der Waals surface area contributed by atoms with Crippen molar-refractivity contribution >= 4 is 11.9 Å². The molecular formula is C26H38O4. The quantitative estimate of drug-likeness (QED) is 0.434. The second-order valence-electron chi connectivity index (χ2n) is 11.7. The van der Waals surface area contributed by atoms with Crippen molar-refractivity contribution in [1.29, 1.82) is 0 Å². The molecule has 6 fully saturated rings. The second-order valence-corrected chi connectivity index (χ2v) is 11.7. The highest BCUT2D eigenvalue weighted by Gasteiger charge is 2.65. The fourth-order valence-electron chi connectivity index (χ4n) is 8.23. The van der Waals surface area contributed by atoms with E-state index in [1.54, 1.807) is 6.92 Å². The number of carbonyl (C=O) groups excluding carboxylic acids is 2. The van der Waals surface area contributed by atoms with Crippen LogP contribution < -0.4 is 0 Å². The standard InChI is InChI=1S/C26H38O4/c1-16(2)23(27)29-22-11-18(12-22)24(28)30-26(19-7-5-4-6-8-19)20-9-17-10-21(26)15-25(3,13-17)14-20/h17-22H,1,4-15H2,2-3H3. The molecule has 30 heavy (non-hydrogen) atoms. The highest BCUT2D eigenvalue weighted by molar-refractivity contribution is 5.87. The van der Waals surface area contributed by atoms with Crippen molar-refractivity contribution in [1.82, 2.24) is 0 Å². The smallest absolute Gasteiger partial charge is 0.333 e. The summed E-state index contributed by atoms with van der Waals surface area (Å²) in [5.74, 6) is 2.03. The van der Waals surface area contributed by atoms with Gasteiger partial charge in [0.05, 0.1) is 5.92 Å². The van der Waals surface area contributed by atoms with Gasteiger partial charge in [0.25, 0.3) is 0 Å². The predicted octanol–water partition coefficient (Wildman–Crippen LogP) is 5.59. The Morgan fingerprint density at radius 3 is 2.10 bits per heavy atom. The third kappa shape index (κ3) is 3.33. The van der Waals surface area contributed by atoms with Crippen LogP contribution in [0.15, 0.2) is 12.2 Å². The third-order valence-electron chi connectivity index (χ3n) is 9.34. The van der Waals surface area contributed by atoms with Crippen LogP contribution in [0.5, 0.6) is 0 Å². The van der Waals surface area contributed by atoms with Crippen molar-refractivity contribution in [2.45, 2.75) is 103 Å². The Kier molecular flexibility index (Phi) is 5.06. The Hall–Kier alpha value is -1.32. The molecule has 0 amide bonds. The van der Waals surface area contributed by atoms with Gasteiger partial charge in [-0.1, -0.05) is 32.8 Å². The van der Waals surface area contributed by atoms with Crippen molar-refractivity contribution in [3.63, 3.8) is 0 Å². The van der Waals surface area contributed by atoms with Gasteiger partial charge in [-0.2, -0.15) is 0 Å². The van der Waals surface area contributed by atoms with Crippen molar-refractivity contribution in [3.8, 4) is 0 Å². The first-order chi connectivity index (χ1) is 14.3. The molecule has 6 aliphatic carbocycles. The molecule has 0 aromatic carbocycles. The molecule has 166 valence electrons. The lowest BCUT2D eigenvalue weighted by Gasteiger charge is -2.66. The third-order valence-corrected chi connectivity index (χ3v) is 9.34. The number of ether oxygens (including phenoxy) is 2. The molecule has 0 radical (unpaired) electrons. The van der Waals surface area contributed by atoms with Crippen molar-refractivity contribution in [2.24, 2.45) is 35.0 Å². The summed E-state index contributed by atoms with van der Waals surface area (Å²) in [6.45, 7) is 7.78. The SMILES string of the molecule is C=C(C)C(=O)OC1CC(C(=O)OC2(C3CCCCC3)C3CC4CC2CC(C)(C4)C3)C1. The monoisotopic (exact) mass is 414 g/mol. The van der Waals surface area contributed by atoms with Crippen molar-refractivity contribution in [3.05, 3.63) is 12.2 Å². The highest BCUT2D eigenvalue weighted by atomic mass is 16.6. The van der Waals surface area contributed by atoms with E-state index in [2.05, 4.69) is 13.5 Å². The van der Waals surface area contributed by atoms with Gasteiger partial charge < -0.3 is 9.47 Å². The number of rotatable bonds is 5. The molecule has 6 saturated carbocycles.